The van der Waals surface area contributed by atoms with Crippen LogP contribution in [0.4, 0.5) is 0 Å². The summed E-state index contributed by atoms with van der Waals surface area (Å²) in [5, 5.41) is 10.0. The number of aromatic amines is 1. The van der Waals surface area contributed by atoms with Crippen molar-refractivity contribution in [2.45, 2.75) is 25.3 Å². The van der Waals surface area contributed by atoms with E-state index in [1.807, 2.05) is 53.2 Å². The molecule has 0 spiro atoms. The summed E-state index contributed by atoms with van der Waals surface area (Å²) in [5.41, 5.74) is 3.46. The highest BCUT2D eigenvalue weighted by atomic mass is 16.2. The van der Waals surface area contributed by atoms with Crippen LogP contribution in [0.5, 0.6) is 0 Å². The summed E-state index contributed by atoms with van der Waals surface area (Å²) in [6.07, 6.45) is 5.92. The Morgan fingerprint density at radius 1 is 1.14 bits per heavy atom. The Morgan fingerprint density at radius 2 is 1.97 bits per heavy atom. The van der Waals surface area contributed by atoms with Crippen LogP contribution in [0.15, 0.2) is 67.0 Å². The number of nitrogens with one attached hydrogen (secondary N) is 2. The highest BCUT2D eigenvalue weighted by molar-refractivity contribution is 5.90. The number of carbonyl (C=O) groups excluding carboxylic acids is 1. The van der Waals surface area contributed by atoms with Gasteiger partial charge in [0.1, 0.15) is 11.6 Å². The number of benzene rings is 2. The molecule has 1 amide bonds. The van der Waals surface area contributed by atoms with Crippen LogP contribution in [0.2, 0.25) is 0 Å². The maximum absolute atomic E-state index is 12.8. The number of hydrogen-bond acceptors (Lipinski definition) is 4. The number of para-hydroxylation sites is 1. The number of carbonyl (C=O) groups is 1. The number of H-pyrrole nitrogens is 1. The van der Waals surface area contributed by atoms with Gasteiger partial charge in [-0.25, -0.2) is 9.97 Å². The minimum absolute atomic E-state index is 0.149. The fourth-order valence-corrected chi connectivity index (χ4v) is 3.79. The van der Waals surface area contributed by atoms with Crippen molar-refractivity contribution >= 4 is 5.91 Å². The van der Waals surface area contributed by atoms with Crippen LogP contribution in [-0.2, 0) is 12.8 Å². The van der Waals surface area contributed by atoms with Crippen molar-refractivity contribution in [1.82, 2.24) is 30.0 Å². The first-order chi connectivity index (χ1) is 14.3. The van der Waals surface area contributed by atoms with Crippen LogP contribution >= 0.6 is 0 Å². The minimum atomic E-state index is -0.300. The van der Waals surface area contributed by atoms with Gasteiger partial charge in [0, 0.05) is 24.5 Å². The smallest absolute Gasteiger partial charge is 0.291 e. The lowest BCUT2D eigenvalue weighted by molar-refractivity contribution is 0.0922. The molecule has 2 aromatic carbocycles. The Balaban J connectivity index is 1.34. The second-order valence-electron chi connectivity index (χ2n) is 7.12. The van der Waals surface area contributed by atoms with E-state index in [9.17, 15) is 4.79 Å². The van der Waals surface area contributed by atoms with Gasteiger partial charge in [-0.3, -0.25) is 9.89 Å². The van der Waals surface area contributed by atoms with Gasteiger partial charge < -0.3 is 9.88 Å². The average Bonchev–Trinajstić information content (AvgIpc) is 3.39. The molecule has 2 N–H and O–H groups in total. The molecule has 3 heterocycles. The van der Waals surface area contributed by atoms with E-state index in [0.29, 0.717) is 12.2 Å². The Kier molecular flexibility index (Phi) is 4.40. The van der Waals surface area contributed by atoms with Crippen molar-refractivity contribution in [2.75, 3.05) is 0 Å². The van der Waals surface area contributed by atoms with E-state index in [4.69, 9.17) is 0 Å². The Hall–Kier alpha value is -3.74. The van der Waals surface area contributed by atoms with Crippen molar-refractivity contribution in [3.63, 3.8) is 0 Å². The Bertz CT molecular complexity index is 1150. The van der Waals surface area contributed by atoms with Crippen LogP contribution in [0.3, 0.4) is 0 Å². The highest BCUT2D eigenvalue weighted by Crippen LogP contribution is 2.28. The van der Waals surface area contributed by atoms with Gasteiger partial charge in [-0.05, 0) is 30.0 Å². The molecule has 1 atom stereocenters. The summed E-state index contributed by atoms with van der Waals surface area (Å²) >= 11 is 0. The predicted octanol–water partition coefficient (Wildman–Crippen LogP) is 3.00. The molecular weight excluding hydrogens is 364 g/mol. The molecular formula is C22H20N6O. The number of amides is 1. The SMILES string of the molecule is O=C(N[C@H]1CCc2ccccc2-n2ccnc21)c1n[nH]c(Cc2ccccc2)n1. The number of rotatable bonds is 4. The lowest BCUT2D eigenvalue weighted by atomic mass is 10.1. The molecule has 1 aliphatic heterocycles. The zero-order chi connectivity index (χ0) is 19.6. The minimum Gasteiger partial charge on any atom is -0.339 e. The van der Waals surface area contributed by atoms with Crippen molar-refractivity contribution in [3.05, 3.63) is 95.6 Å². The van der Waals surface area contributed by atoms with Gasteiger partial charge in [0.15, 0.2) is 0 Å². The Labute approximate surface area is 167 Å². The first kappa shape index (κ1) is 17.4. The van der Waals surface area contributed by atoms with Crippen LogP contribution in [0.1, 0.15) is 45.9 Å². The second kappa shape index (κ2) is 7.35. The Morgan fingerprint density at radius 3 is 2.86 bits per heavy atom. The van der Waals surface area contributed by atoms with Crippen molar-refractivity contribution in [3.8, 4) is 5.69 Å². The molecule has 0 aliphatic carbocycles. The van der Waals surface area contributed by atoms with Gasteiger partial charge >= 0.3 is 0 Å². The quantitative estimate of drug-likeness (QED) is 0.566. The van der Waals surface area contributed by atoms with Crippen LogP contribution in [0, 0.1) is 0 Å². The maximum atomic E-state index is 12.8. The summed E-state index contributed by atoms with van der Waals surface area (Å²) in [4.78, 5) is 21.7. The molecule has 4 aromatic rings. The monoisotopic (exact) mass is 384 g/mol. The van der Waals surface area contributed by atoms with Crippen molar-refractivity contribution in [1.29, 1.82) is 0 Å². The van der Waals surface area contributed by atoms with E-state index < -0.39 is 0 Å². The van der Waals surface area contributed by atoms with E-state index in [-0.39, 0.29) is 17.8 Å². The first-order valence-corrected chi connectivity index (χ1v) is 9.65. The zero-order valence-corrected chi connectivity index (χ0v) is 15.7. The summed E-state index contributed by atoms with van der Waals surface area (Å²) < 4.78 is 2.05. The number of imidazole rings is 1. The molecule has 2 aromatic heterocycles. The molecule has 1 aliphatic rings. The third kappa shape index (κ3) is 3.42. The molecule has 5 rings (SSSR count). The van der Waals surface area contributed by atoms with Crippen LogP contribution < -0.4 is 5.32 Å². The molecule has 144 valence electrons. The van der Waals surface area contributed by atoms with E-state index >= 15 is 0 Å². The van der Waals surface area contributed by atoms with Crippen molar-refractivity contribution < 1.29 is 4.79 Å². The van der Waals surface area contributed by atoms with Crippen LogP contribution in [-0.4, -0.2) is 30.6 Å². The topological polar surface area (TPSA) is 88.5 Å². The molecule has 29 heavy (non-hydrogen) atoms. The van der Waals surface area contributed by atoms with Gasteiger partial charge in [-0.1, -0.05) is 48.5 Å². The highest BCUT2D eigenvalue weighted by Gasteiger charge is 2.26. The van der Waals surface area contributed by atoms with Gasteiger partial charge in [-0.2, -0.15) is 0 Å². The predicted molar refractivity (Wildman–Crippen MR) is 108 cm³/mol. The summed E-state index contributed by atoms with van der Waals surface area (Å²) in [7, 11) is 0. The number of nitrogens with zero attached hydrogens (tertiary/aromatic N) is 4. The number of aromatic nitrogens is 5. The fourth-order valence-electron chi connectivity index (χ4n) is 3.79. The molecule has 0 saturated heterocycles. The van der Waals surface area contributed by atoms with Gasteiger partial charge in [0.25, 0.3) is 5.91 Å². The van der Waals surface area contributed by atoms with Gasteiger partial charge in [-0.15, -0.1) is 5.10 Å². The van der Waals surface area contributed by atoms with E-state index in [1.54, 1.807) is 6.20 Å². The molecule has 7 nitrogen and oxygen atoms in total. The summed E-state index contributed by atoms with van der Waals surface area (Å²) in [6, 6.07) is 18.0. The average molecular weight is 384 g/mol. The van der Waals surface area contributed by atoms with Crippen molar-refractivity contribution in [2.24, 2.45) is 0 Å². The zero-order valence-electron chi connectivity index (χ0n) is 15.7. The van der Waals surface area contributed by atoms with E-state index in [1.165, 1.54) is 5.56 Å². The largest absolute Gasteiger partial charge is 0.339 e. The normalized spacial score (nSPS) is 15.2. The fraction of sp³-hybridized carbons (Fsp3) is 0.182. The molecule has 0 fully saturated rings. The summed E-state index contributed by atoms with van der Waals surface area (Å²) in [6.45, 7) is 0. The standard InChI is InChI=1S/C22H20N6O/c29-22(20-25-19(26-27-20)14-15-6-2-1-3-7-15)24-17-11-10-16-8-4-5-9-18(16)28-13-12-23-21(17)28/h1-9,12-13,17H,10-11,14H2,(H,24,29)(H,25,26,27)/t17-/m0/s1. The molecule has 7 heteroatoms. The lowest BCUT2D eigenvalue weighted by Crippen LogP contribution is -2.30. The van der Waals surface area contributed by atoms with E-state index in [0.717, 1.165) is 29.9 Å². The third-order valence-corrected chi connectivity index (χ3v) is 5.19. The van der Waals surface area contributed by atoms with E-state index in [2.05, 4.69) is 37.6 Å². The lowest BCUT2D eigenvalue weighted by Gasteiger charge is -2.15. The third-order valence-electron chi connectivity index (χ3n) is 5.19. The number of aryl methyl sites for hydroxylation is 1. The number of fused-ring (bicyclic) bond motifs is 3. The summed E-state index contributed by atoms with van der Waals surface area (Å²) in [5.74, 6) is 1.33. The van der Waals surface area contributed by atoms with Gasteiger partial charge in [0.2, 0.25) is 5.82 Å². The van der Waals surface area contributed by atoms with Crippen LogP contribution in [0.25, 0.3) is 5.69 Å². The molecule has 0 bridgehead atoms. The molecule has 0 saturated carbocycles. The maximum Gasteiger partial charge on any atom is 0.291 e. The molecule has 0 radical (unpaired) electrons. The van der Waals surface area contributed by atoms with Gasteiger partial charge in [0.05, 0.1) is 6.04 Å². The molecule has 0 unspecified atom stereocenters. The second-order valence-corrected chi connectivity index (χ2v) is 7.12. The first-order valence-electron chi connectivity index (χ1n) is 9.65. The number of hydrogen-bond donors (Lipinski definition) is 2.